The number of hydrogen-bond donors (Lipinski definition) is 1. The molecule has 0 amide bonds. The highest BCUT2D eigenvalue weighted by Gasteiger charge is 2.23. The lowest BCUT2D eigenvalue weighted by Gasteiger charge is -2.23. The van der Waals surface area contributed by atoms with Crippen LogP contribution in [0.2, 0.25) is 0 Å². The number of rotatable bonds is 5. The summed E-state index contributed by atoms with van der Waals surface area (Å²) in [4.78, 5) is 10.2. The Morgan fingerprint density at radius 3 is 1.93 bits per heavy atom. The van der Waals surface area contributed by atoms with E-state index >= 15 is 0 Å². The average molecular weight is 765 g/mol. The van der Waals surface area contributed by atoms with E-state index in [1.165, 1.54) is 79.0 Å². The van der Waals surface area contributed by atoms with Crippen LogP contribution < -0.4 is 5.32 Å². The van der Waals surface area contributed by atoms with Crippen LogP contribution >= 0.6 is 22.7 Å². The average Bonchev–Trinajstić information content (AvgIpc) is 3.95. The Balaban J connectivity index is 0.968. The zero-order valence-electron chi connectivity index (χ0n) is 30.6. The number of thiophene rings is 2. The second-order valence-electron chi connectivity index (χ2n) is 14.6. The molecule has 8 aromatic carbocycles. The summed E-state index contributed by atoms with van der Waals surface area (Å²) in [6.45, 7) is 0. The first-order valence-electron chi connectivity index (χ1n) is 19.2. The molecule has 4 heterocycles. The fourth-order valence-electron chi connectivity index (χ4n) is 8.61. The Morgan fingerprint density at radius 2 is 1.14 bits per heavy atom. The first-order valence-corrected chi connectivity index (χ1v) is 20.8. The minimum atomic E-state index is -0.291. The van der Waals surface area contributed by atoms with Crippen molar-refractivity contribution in [3.8, 4) is 16.8 Å². The molecule has 3 aromatic heterocycles. The normalized spacial score (nSPS) is 14.5. The highest BCUT2D eigenvalue weighted by molar-refractivity contribution is 7.26. The van der Waals surface area contributed by atoms with E-state index in [1.54, 1.807) is 0 Å². The van der Waals surface area contributed by atoms with Crippen LogP contribution in [0.25, 0.3) is 79.0 Å². The van der Waals surface area contributed by atoms with E-state index < -0.39 is 0 Å². The van der Waals surface area contributed by atoms with Crippen LogP contribution in [-0.2, 0) is 0 Å². The first kappa shape index (κ1) is 32.4. The summed E-state index contributed by atoms with van der Waals surface area (Å²) in [5.41, 5.74) is 9.26. The van der Waals surface area contributed by atoms with Gasteiger partial charge in [0, 0.05) is 67.9 Å². The summed E-state index contributed by atoms with van der Waals surface area (Å²) in [6, 6.07) is 65.5. The lowest BCUT2D eigenvalue weighted by molar-refractivity contribution is 0.675. The van der Waals surface area contributed by atoms with Crippen LogP contribution in [0.4, 0.5) is 0 Å². The Hall–Kier alpha value is -6.86. The predicted octanol–water partition coefficient (Wildman–Crippen LogP) is 13.7. The third-order valence-corrected chi connectivity index (χ3v) is 13.5. The summed E-state index contributed by atoms with van der Waals surface area (Å²) in [5, 5.41) is 11.3. The van der Waals surface area contributed by atoms with Gasteiger partial charge in [-0.1, -0.05) is 127 Å². The Labute approximate surface area is 336 Å². The molecule has 0 spiro atoms. The lowest BCUT2D eigenvalue weighted by atomic mass is 9.97. The van der Waals surface area contributed by atoms with Crippen molar-refractivity contribution in [1.82, 2.24) is 9.88 Å². The number of para-hydroxylation sites is 2. The van der Waals surface area contributed by atoms with Crippen molar-refractivity contribution in [2.24, 2.45) is 9.98 Å². The second kappa shape index (κ2) is 12.8. The van der Waals surface area contributed by atoms with Crippen molar-refractivity contribution < 1.29 is 0 Å². The second-order valence-corrected chi connectivity index (χ2v) is 16.8. The molecule has 0 bridgehead atoms. The van der Waals surface area contributed by atoms with Crippen molar-refractivity contribution in [3.05, 3.63) is 199 Å². The van der Waals surface area contributed by atoms with Crippen molar-refractivity contribution in [3.63, 3.8) is 0 Å². The number of aromatic nitrogens is 1. The van der Waals surface area contributed by atoms with E-state index in [0.717, 1.165) is 28.4 Å². The number of nitrogens with one attached hydrogen (secondary N) is 1. The van der Waals surface area contributed by atoms with Gasteiger partial charge in [0.2, 0.25) is 0 Å². The molecule has 1 N–H and O–H groups in total. The molecule has 0 saturated carbocycles. The third-order valence-electron chi connectivity index (χ3n) is 11.3. The van der Waals surface area contributed by atoms with Gasteiger partial charge in [-0.05, 0) is 71.3 Å². The molecule has 1 unspecified atom stereocenters. The monoisotopic (exact) mass is 764 g/mol. The molecule has 4 nitrogen and oxygen atoms in total. The number of hydrogen-bond acceptors (Lipinski definition) is 5. The van der Waals surface area contributed by atoms with Crippen molar-refractivity contribution in [2.45, 2.75) is 6.17 Å². The summed E-state index contributed by atoms with van der Waals surface area (Å²) >= 11 is 3.72. The maximum Gasteiger partial charge on any atom is 0.159 e. The molecule has 0 saturated heterocycles. The van der Waals surface area contributed by atoms with Crippen molar-refractivity contribution in [2.75, 3.05) is 0 Å². The number of amidine groups is 2. The molecule has 1 aliphatic rings. The molecule has 0 radical (unpaired) electrons. The summed E-state index contributed by atoms with van der Waals surface area (Å²) in [6.07, 6.45) is -0.291. The number of benzene rings is 8. The SMILES string of the molecule is c1ccc(C2=NC(c3ccc4sc5cccc(-c6ccc7sc8cc(-n9c%10ccccc%10c%10ccccc%109)ccc8c7c6)c5c4c3)NC(c3ccccc3)=N2)cc1. The number of aliphatic imine (C=N–C) groups is 2. The minimum absolute atomic E-state index is 0.291. The zero-order valence-corrected chi connectivity index (χ0v) is 32.2. The van der Waals surface area contributed by atoms with E-state index in [0.29, 0.717) is 0 Å². The fraction of sp³-hybridized carbons (Fsp3) is 0.0196. The van der Waals surface area contributed by atoms with E-state index in [1.807, 2.05) is 59.1 Å². The number of fused-ring (bicyclic) bond motifs is 9. The predicted molar refractivity (Wildman–Crippen MR) is 244 cm³/mol. The molecule has 6 heteroatoms. The molecular weight excluding hydrogens is 733 g/mol. The van der Waals surface area contributed by atoms with Crippen LogP contribution in [0.15, 0.2) is 192 Å². The Bertz CT molecular complexity index is 3390. The standard InChI is InChI=1S/C51H32N4S2/c1-3-12-31(13-4-1)49-52-50(32-14-5-2-6-15-32)54-51(53-49)34-23-27-45-41(29-34)48-36(18-11-21-46(48)56-45)33-22-26-44-40(28-33)39-25-24-35(30-47(39)57-44)55-42-19-9-7-16-37(42)38-17-8-10-20-43(38)55/h1-30,51H,(H,52,53,54). The van der Waals surface area contributed by atoms with Gasteiger partial charge in [-0.25, -0.2) is 9.98 Å². The highest BCUT2D eigenvalue weighted by atomic mass is 32.1. The molecule has 0 fully saturated rings. The summed E-state index contributed by atoms with van der Waals surface area (Å²) in [5.74, 6) is 1.55. The van der Waals surface area contributed by atoms with Crippen molar-refractivity contribution >= 4 is 96.5 Å². The minimum Gasteiger partial charge on any atom is -0.344 e. The third kappa shape index (κ3) is 5.26. The van der Waals surface area contributed by atoms with Crippen LogP contribution in [0, 0.1) is 0 Å². The van der Waals surface area contributed by atoms with Gasteiger partial charge >= 0.3 is 0 Å². The topological polar surface area (TPSA) is 41.7 Å². The van der Waals surface area contributed by atoms with Crippen molar-refractivity contribution in [1.29, 1.82) is 0 Å². The van der Waals surface area contributed by atoms with E-state index in [9.17, 15) is 0 Å². The van der Waals surface area contributed by atoms with Gasteiger partial charge < -0.3 is 9.88 Å². The molecule has 1 atom stereocenters. The molecule has 11 aromatic rings. The molecule has 12 rings (SSSR count). The van der Waals surface area contributed by atoms with Gasteiger partial charge in [-0.3, -0.25) is 0 Å². The quantitative estimate of drug-likeness (QED) is 0.186. The van der Waals surface area contributed by atoms with E-state index in [2.05, 4.69) is 155 Å². The molecular formula is C51H32N4S2. The largest absolute Gasteiger partial charge is 0.344 e. The van der Waals surface area contributed by atoms with Crippen LogP contribution in [0.5, 0.6) is 0 Å². The van der Waals surface area contributed by atoms with E-state index in [4.69, 9.17) is 9.98 Å². The fourth-order valence-corrected chi connectivity index (χ4v) is 10.8. The smallest absolute Gasteiger partial charge is 0.159 e. The maximum atomic E-state index is 5.18. The summed E-state index contributed by atoms with van der Waals surface area (Å²) in [7, 11) is 0. The van der Waals surface area contributed by atoms with Crippen LogP contribution in [0.3, 0.4) is 0 Å². The van der Waals surface area contributed by atoms with Gasteiger partial charge in [-0.15, -0.1) is 22.7 Å². The van der Waals surface area contributed by atoms with Gasteiger partial charge in [0.05, 0.1) is 11.0 Å². The van der Waals surface area contributed by atoms with Gasteiger partial charge in [-0.2, -0.15) is 0 Å². The molecule has 1 aliphatic heterocycles. The zero-order chi connectivity index (χ0) is 37.5. The molecule has 57 heavy (non-hydrogen) atoms. The Kier molecular flexibility index (Phi) is 7.30. The Morgan fingerprint density at radius 1 is 0.456 bits per heavy atom. The van der Waals surface area contributed by atoms with Gasteiger partial charge in [0.25, 0.3) is 0 Å². The van der Waals surface area contributed by atoms with E-state index in [-0.39, 0.29) is 6.17 Å². The summed E-state index contributed by atoms with van der Waals surface area (Å²) < 4.78 is 7.54. The lowest BCUT2D eigenvalue weighted by Crippen LogP contribution is -2.33. The number of nitrogens with zero attached hydrogens (tertiary/aromatic N) is 3. The highest BCUT2D eigenvalue weighted by Crippen LogP contribution is 2.44. The first-order chi connectivity index (χ1) is 28.2. The van der Waals surface area contributed by atoms with Crippen LogP contribution in [-0.4, -0.2) is 16.2 Å². The van der Waals surface area contributed by atoms with Crippen LogP contribution in [0.1, 0.15) is 22.9 Å². The molecule has 0 aliphatic carbocycles. The van der Waals surface area contributed by atoms with Gasteiger partial charge in [0.1, 0.15) is 12.0 Å². The molecule has 268 valence electrons. The van der Waals surface area contributed by atoms with Gasteiger partial charge in [0.15, 0.2) is 5.84 Å². The maximum absolute atomic E-state index is 5.18.